The molecule has 5 nitrogen and oxygen atoms in total. The Kier molecular flexibility index (Phi) is 3.68. The molecule has 1 aromatic carbocycles. The number of anilines is 2. The predicted octanol–water partition coefficient (Wildman–Crippen LogP) is 3.20. The van der Waals surface area contributed by atoms with Gasteiger partial charge in [-0.15, -0.1) is 0 Å². The van der Waals surface area contributed by atoms with Crippen LogP contribution in [0.4, 0.5) is 16.3 Å². The zero-order valence-corrected chi connectivity index (χ0v) is 13.0. The van der Waals surface area contributed by atoms with Crippen LogP contribution < -0.4 is 11.1 Å². The number of hydrogen-bond donors (Lipinski definition) is 2. The second-order valence-electron chi connectivity index (χ2n) is 5.81. The van der Waals surface area contributed by atoms with Crippen molar-refractivity contribution in [3.05, 3.63) is 40.2 Å². The van der Waals surface area contributed by atoms with Crippen LogP contribution in [0.2, 0.25) is 0 Å². The number of aryl methyl sites for hydroxylation is 2. The van der Waals surface area contributed by atoms with E-state index in [2.05, 4.69) is 46.2 Å². The maximum atomic E-state index is 13.4. The summed E-state index contributed by atoms with van der Waals surface area (Å²) in [6, 6.07) is 4.45. The number of nitrogens with one attached hydrogen (secondary N) is 1. The molecule has 1 aromatic heterocycles. The van der Waals surface area contributed by atoms with Crippen LogP contribution in [0.5, 0.6) is 0 Å². The molecule has 2 aromatic rings. The van der Waals surface area contributed by atoms with Crippen molar-refractivity contribution in [2.24, 2.45) is 0 Å². The Morgan fingerprint density at radius 1 is 1.27 bits per heavy atom. The lowest BCUT2D eigenvalue weighted by molar-refractivity contribution is 0.356. The first-order valence-corrected chi connectivity index (χ1v) is 7.46. The third-order valence-corrected chi connectivity index (χ3v) is 4.26. The van der Waals surface area contributed by atoms with E-state index in [4.69, 9.17) is 5.73 Å². The highest BCUT2D eigenvalue weighted by molar-refractivity contribution is 5.48. The molecule has 1 aliphatic carbocycles. The number of nitrogens with two attached hydrogens (primary N) is 1. The van der Waals surface area contributed by atoms with Gasteiger partial charge in [-0.3, -0.25) is 0 Å². The molecule has 116 valence electrons. The first-order valence-electron chi connectivity index (χ1n) is 7.46. The molecular formula is C16H20FN5. The Morgan fingerprint density at radius 2 is 2.05 bits per heavy atom. The zero-order chi connectivity index (χ0) is 15.9. The summed E-state index contributed by atoms with van der Waals surface area (Å²) in [5, 5.41) is 3.29. The molecule has 0 saturated heterocycles. The van der Waals surface area contributed by atoms with Crippen molar-refractivity contribution in [3.8, 4) is 0 Å². The van der Waals surface area contributed by atoms with E-state index in [0.717, 1.165) is 12.8 Å². The van der Waals surface area contributed by atoms with Crippen molar-refractivity contribution in [1.82, 2.24) is 15.0 Å². The van der Waals surface area contributed by atoms with Gasteiger partial charge in [0, 0.05) is 0 Å². The number of aromatic nitrogens is 3. The van der Waals surface area contributed by atoms with Crippen LogP contribution in [-0.4, -0.2) is 15.0 Å². The van der Waals surface area contributed by atoms with Gasteiger partial charge in [0.25, 0.3) is 0 Å². The maximum absolute atomic E-state index is 13.4. The second kappa shape index (κ2) is 5.51. The highest BCUT2D eigenvalue weighted by Gasteiger charge is 2.26. The van der Waals surface area contributed by atoms with Crippen molar-refractivity contribution in [3.63, 3.8) is 0 Å². The summed E-state index contributed by atoms with van der Waals surface area (Å²) in [5.41, 5.74) is 10.9. The first-order chi connectivity index (χ1) is 10.5. The van der Waals surface area contributed by atoms with E-state index in [1.165, 1.54) is 29.2 Å². The number of halogens is 1. The molecule has 0 bridgehead atoms. The zero-order valence-electron chi connectivity index (χ0n) is 13.0. The van der Waals surface area contributed by atoms with Crippen LogP contribution in [0.3, 0.4) is 0 Å². The van der Waals surface area contributed by atoms with Crippen molar-refractivity contribution < 1.29 is 4.39 Å². The van der Waals surface area contributed by atoms with E-state index in [0.29, 0.717) is 5.95 Å². The topological polar surface area (TPSA) is 76.7 Å². The fourth-order valence-corrected chi connectivity index (χ4v) is 2.99. The first kappa shape index (κ1) is 14.7. The van der Waals surface area contributed by atoms with Gasteiger partial charge in [-0.05, 0) is 55.9 Å². The van der Waals surface area contributed by atoms with Gasteiger partial charge in [-0.2, -0.15) is 15.0 Å². The number of rotatable bonds is 3. The lowest BCUT2D eigenvalue weighted by Crippen LogP contribution is -2.14. The van der Waals surface area contributed by atoms with Crippen LogP contribution in [0.15, 0.2) is 12.1 Å². The van der Waals surface area contributed by atoms with E-state index < -0.39 is 6.17 Å². The van der Waals surface area contributed by atoms with Gasteiger partial charge in [-0.25, -0.2) is 4.39 Å². The lowest BCUT2D eigenvalue weighted by Gasteiger charge is -2.18. The highest BCUT2D eigenvalue weighted by Crippen LogP contribution is 2.36. The number of nitrogen functional groups attached to an aromatic ring is 1. The normalized spacial score (nSPS) is 18.1. The fraction of sp³-hybridized carbons (Fsp3) is 0.438. The van der Waals surface area contributed by atoms with Crippen LogP contribution in [0.1, 0.15) is 53.6 Å². The summed E-state index contributed by atoms with van der Waals surface area (Å²) < 4.78 is 13.4. The maximum Gasteiger partial charge on any atom is 0.228 e. The molecular weight excluding hydrogens is 281 g/mol. The van der Waals surface area contributed by atoms with Crippen molar-refractivity contribution >= 4 is 11.9 Å². The fourth-order valence-electron chi connectivity index (χ4n) is 2.99. The number of nitrogens with zero attached hydrogens (tertiary/aromatic N) is 3. The summed E-state index contributed by atoms with van der Waals surface area (Å²) in [4.78, 5) is 12.0. The van der Waals surface area contributed by atoms with Crippen molar-refractivity contribution in [2.45, 2.75) is 45.8 Å². The highest BCUT2D eigenvalue weighted by atomic mass is 19.1. The van der Waals surface area contributed by atoms with E-state index in [9.17, 15) is 4.39 Å². The minimum absolute atomic E-state index is 0.0381. The van der Waals surface area contributed by atoms with E-state index in [1.807, 2.05) is 0 Å². The molecule has 3 rings (SSSR count). The molecule has 22 heavy (non-hydrogen) atoms. The summed E-state index contributed by atoms with van der Waals surface area (Å²) in [6.07, 6.45) is 0.706. The smallest absolute Gasteiger partial charge is 0.228 e. The minimum atomic E-state index is -1.27. The Hall–Kier alpha value is -2.24. The van der Waals surface area contributed by atoms with Gasteiger partial charge < -0.3 is 11.1 Å². The van der Waals surface area contributed by atoms with Crippen LogP contribution in [-0.2, 0) is 6.42 Å². The van der Waals surface area contributed by atoms with Crippen LogP contribution in [0, 0.1) is 13.8 Å². The van der Waals surface area contributed by atoms with Gasteiger partial charge in [0.2, 0.25) is 11.9 Å². The molecule has 0 amide bonds. The Labute approximate surface area is 129 Å². The average molecular weight is 301 g/mol. The standard InChI is InChI=1S/C16H20FN5/c1-8-4-5-11-6-7-12(13(11)9(8)2)19-16-21-14(10(3)17)20-15(18)22-16/h4-5,10,12H,6-7H2,1-3H3,(H3,18,19,20,21,22)/t10-,12-/m1/s1. The summed E-state index contributed by atoms with van der Waals surface area (Å²) in [6.45, 7) is 5.62. The Balaban J connectivity index is 1.92. The second-order valence-corrected chi connectivity index (χ2v) is 5.81. The predicted molar refractivity (Wildman–Crippen MR) is 84.4 cm³/mol. The molecule has 0 unspecified atom stereocenters. The molecule has 3 N–H and O–H groups in total. The van der Waals surface area contributed by atoms with Gasteiger partial charge in [0.1, 0.15) is 0 Å². The van der Waals surface area contributed by atoms with Crippen molar-refractivity contribution in [2.75, 3.05) is 11.1 Å². The molecule has 6 heteroatoms. The average Bonchev–Trinajstić information content (AvgIpc) is 2.86. The quantitative estimate of drug-likeness (QED) is 0.910. The third-order valence-electron chi connectivity index (χ3n) is 4.26. The minimum Gasteiger partial charge on any atom is -0.368 e. The lowest BCUT2D eigenvalue weighted by atomic mass is 9.98. The molecule has 0 spiro atoms. The van der Waals surface area contributed by atoms with Gasteiger partial charge in [-0.1, -0.05) is 12.1 Å². The van der Waals surface area contributed by atoms with Crippen molar-refractivity contribution in [1.29, 1.82) is 0 Å². The number of alkyl halides is 1. The molecule has 0 radical (unpaired) electrons. The molecule has 1 aliphatic rings. The summed E-state index contributed by atoms with van der Waals surface area (Å²) in [5.74, 6) is 0.441. The molecule has 0 fully saturated rings. The molecule has 0 saturated carbocycles. The van der Waals surface area contributed by atoms with E-state index in [-0.39, 0.29) is 17.8 Å². The van der Waals surface area contributed by atoms with Gasteiger partial charge in [0.05, 0.1) is 6.04 Å². The monoisotopic (exact) mass is 301 g/mol. The van der Waals surface area contributed by atoms with Gasteiger partial charge >= 0.3 is 0 Å². The Bertz CT molecular complexity index is 714. The molecule has 2 atom stereocenters. The van der Waals surface area contributed by atoms with E-state index in [1.54, 1.807) is 0 Å². The summed E-state index contributed by atoms with van der Waals surface area (Å²) >= 11 is 0. The van der Waals surface area contributed by atoms with Gasteiger partial charge in [0.15, 0.2) is 12.0 Å². The third kappa shape index (κ3) is 2.61. The SMILES string of the molecule is Cc1ccc2c(c1C)[C@H](Nc1nc(N)nc([C@@H](C)F)n1)CC2. The molecule has 1 heterocycles. The molecule has 0 aliphatic heterocycles. The number of fused-ring (bicyclic) bond motifs is 1. The largest absolute Gasteiger partial charge is 0.368 e. The van der Waals surface area contributed by atoms with E-state index >= 15 is 0 Å². The number of hydrogen-bond acceptors (Lipinski definition) is 5. The van der Waals surface area contributed by atoms with Crippen LogP contribution >= 0.6 is 0 Å². The van der Waals surface area contributed by atoms with Crippen LogP contribution in [0.25, 0.3) is 0 Å². The Morgan fingerprint density at radius 3 is 2.77 bits per heavy atom. The summed E-state index contributed by atoms with van der Waals surface area (Å²) in [7, 11) is 0. The number of benzene rings is 1.